The van der Waals surface area contributed by atoms with Crippen LogP contribution in [0.15, 0.2) is 0 Å². The van der Waals surface area contributed by atoms with Crippen LogP contribution in [0.25, 0.3) is 0 Å². The highest BCUT2D eigenvalue weighted by molar-refractivity contribution is 5.78. The molecule has 0 unspecified atom stereocenters. The Morgan fingerprint density at radius 2 is 2.00 bits per heavy atom. The SMILES string of the molecule is CN(CC(=O)N1CCNCC1)CC1(C)CCC1. The fourth-order valence-corrected chi connectivity index (χ4v) is 2.89. The number of nitrogens with one attached hydrogen (secondary N) is 1. The van der Waals surface area contributed by atoms with E-state index in [9.17, 15) is 4.79 Å². The number of rotatable bonds is 4. The molecule has 1 saturated heterocycles. The minimum Gasteiger partial charge on any atom is -0.339 e. The number of carbonyl (C=O) groups excluding carboxylic acids is 1. The number of nitrogens with zero attached hydrogens (tertiary/aromatic N) is 2. The molecule has 1 amide bonds. The Bertz CT molecular complexity index is 270. The minimum atomic E-state index is 0.289. The molecule has 2 rings (SSSR count). The average molecular weight is 239 g/mol. The van der Waals surface area contributed by atoms with Crippen molar-refractivity contribution in [3.63, 3.8) is 0 Å². The quantitative estimate of drug-likeness (QED) is 0.778. The van der Waals surface area contributed by atoms with Gasteiger partial charge in [-0.25, -0.2) is 0 Å². The number of hydrogen-bond donors (Lipinski definition) is 1. The number of hydrogen-bond acceptors (Lipinski definition) is 3. The molecular weight excluding hydrogens is 214 g/mol. The van der Waals surface area contributed by atoms with E-state index in [0.29, 0.717) is 12.0 Å². The van der Waals surface area contributed by atoms with E-state index < -0.39 is 0 Å². The molecule has 17 heavy (non-hydrogen) atoms. The van der Waals surface area contributed by atoms with Gasteiger partial charge < -0.3 is 10.2 Å². The van der Waals surface area contributed by atoms with Gasteiger partial charge in [0, 0.05) is 32.7 Å². The molecule has 1 saturated carbocycles. The summed E-state index contributed by atoms with van der Waals surface area (Å²) in [6, 6.07) is 0. The van der Waals surface area contributed by atoms with Crippen molar-refractivity contribution in [1.82, 2.24) is 15.1 Å². The number of amides is 1. The normalized spacial score (nSPS) is 23.6. The fourth-order valence-electron chi connectivity index (χ4n) is 2.89. The number of piperazine rings is 1. The molecule has 1 heterocycles. The maximum Gasteiger partial charge on any atom is 0.236 e. The maximum absolute atomic E-state index is 12.1. The van der Waals surface area contributed by atoms with E-state index in [4.69, 9.17) is 0 Å². The van der Waals surface area contributed by atoms with Gasteiger partial charge in [-0.05, 0) is 25.3 Å². The van der Waals surface area contributed by atoms with Crippen LogP contribution in [0.2, 0.25) is 0 Å². The summed E-state index contributed by atoms with van der Waals surface area (Å²) in [5.41, 5.74) is 0.471. The lowest BCUT2D eigenvalue weighted by Gasteiger charge is -2.41. The summed E-state index contributed by atoms with van der Waals surface area (Å²) in [4.78, 5) is 16.2. The van der Waals surface area contributed by atoms with Crippen molar-refractivity contribution in [2.24, 2.45) is 5.41 Å². The Morgan fingerprint density at radius 1 is 1.35 bits per heavy atom. The van der Waals surface area contributed by atoms with Crippen molar-refractivity contribution in [3.05, 3.63) is 0 Å². The summed E-state index contributed by atoms with van der Waals surface area (Å²) < 4.78 is 0. The zero-order valence-electron chi connectivity index (χ0n) is 11.2. The molecule has 2 fully saturated rings. The molecule has 0 bridgehead atoms. The molecule has 2 aliphatic rings. The lowest BCUT2D eigenvalue weighted by molar-refractivity contribution is -0.133. The van der Waals surface area contributed by atoms with Gasteiger partial charge in [-0.3, -0.25) is 9.69 Å². The van der Waals surface area contributed by atoms with Gasteiger partial charge in [0.15, 0.2) is 0 Å². The van der Waals surface area contributed by atoms with Gasteiger partial charge in [0.1, 0.15) is 0 Å². The van der Waals surface area contributed by atoms with E-state index in [-0.39, 0.29) is 5.91 Å². The minimum absolute atomic E-state index is 0.289. The average Bonchev–Trinajstić information content (AvgIpc) is 2.28. The van der Waals surface area contributed by atoms with Crippen molar-refractivity contribution in [1.29, 1.82) is 0 Å². The molecule has 0 radical (unpaired) electrons. The van der Waals surface area contributed by atoms with Crippen LogP contribution in [0.1, 0.15) is 26.2 Å². The lowest BCUT2D eigenvalue weighted by atomic mass is 9.70. The first kappa shape index (κ1) is 12.8. The van der Waals surface area contributed by atoms with E-state index >= 15 is 0 Å². The zero-order valence-corrected chi connectivity index (χ0v) is 11.2. The Labute approximate surface area is 104 Å². The monoisotopic (exact) mass is 239 g/mol. The van der Waals surface area contributed by atoms with Crippen LogP contribution < -0.4 is 5.32 Å². The second kappa shape index (κ2) is 5.36. The first-order chi connectivity index (χ1) is 8.09. The molecule has 0 spiro atoms. The van der Waals surface area contributed by atoms with Crippen molar-refractivity contribution in [2.45, 2.75) is 26.2 Å². The summed E-state index contributed by atoms with van der Waals surface area (Å²) in [6.45, 7) is 7.58. The van der Waals surface area contributed by atoms with Gasteiger partial charge in [-0.1, -0.05) is 13.3 Å². The summed E-state index contributed by atoms with van der Waals surface area (Å²) in [6.07, 6.45) is 3.99. The molecule has 0 aromatic carbocycles. The summed E-state index contributed by atoms with van der Waals surface area (Å²) >= 11 is 0. The van der Waals surface area contributed by atoms with Crippen LogP contribution in [0.5, 0.6) is 0 Å². The third-order valence-electron chi connectivity index (χ3n) is 4.09. The molecule has 0 aromatic rings. The lowest BCUT2D eigenvalue weighted by Crippen LogP contribution is -2.50. The molecule has 0 aromatic heterocycles. The fraction of sp³-hybridized carbons (Fsp3) is 0.923. The highest BCUT2D eigenvalue weighted by Gasteiger charge is 2.33. The van der Waals surface area contributed by atoms with Gasteiger partial charge in [0.2, 0.25) is 5.91 Å². The van der Waals surface area contributed by atoms with Crippen molar-refractivity contribution >= 4 is 5.91 Å². The predicted octanol–water partition coefficient (Wildman–Crippen LogP) is 0.540. The Hall–Kier alpha value is -0.610. The first-order valence-corrected chi connectivity index (χ1v) is 6.76. The zero-order chi connectivity index (χ0) is 12.3. The highest BCUT2D eigenvalue weighted by Crippen LogP contribution is 2.40. The van der Waals surface area contributed by atoms with Crippen LogP contribution in [-0.4, -0.2) is 62.0 Å². The molecule has 1 aliphatic heterocycles. The van der Waals surface area contributed by atoms with Gasteiger partial charge in [0.25, 0.3) is 0 Å². The predicted molar refractivity (Wildman–Crippen MR) is 68.9 cm³/mol. The van der Waals surface area contributed by atoms with Crippen LogP contribution in [0, 0.1) is 5.41 Å². The molecule has 1 N–H and O–H groups in total. The first-order valence-electron chi connectivity index (χ1n) is 6.76. The van der Waals surface area contributed by atoms with E-state index in [0.717, 1.165) is 32.7 Å². The summed E-state index contributed by atoms with van der Waals surface area (Å²) in [5.74, 6) is 0.289. The van der Waals surface area contributed by atoms with Crippen molar-refractivity contribution < 1.29 is 4.79 Å². The van der Waals surface area contributed by atoms with E-state index in [2.05, 4.69) is 24.2 Å². The molecular formula is C13H25N3O. The van der Waals surface area contributed by atoms with Gasteiger partial charge in [-0.2, -0.15) is 0 Å². The second-order valence-corrected chi connectivity index (χ2v) is 5.97. The van der Waals surface area contributed by atoms with Crippen molar-refractivity contribution in [3.8, 4) is 0 Å². The number of carbonyl (C=O) groups is 1. The maximum atomic E-state index is 12.1. The van der Waals surface area contributed by atoms with Crippen molar-refractivity contribution in [2.75, 3.05) is 46.3 Å². The Balaban J connectivity index is 1.73. The van der Waals surface area contributed by atoms with E-state index in [1.807, 2.05) is 4.90 Å². The topological polar surface area (TPSA) is 35.6 Å². The Morgan fingerprint density at radius 3 is 2.53 bits per heavy atom. The van der Waals surface area contributed by atoms with Gasteiger partial charge in [-0.15, -0.1) is 0 Å². The molecule has 0 atom stereocenters. The molecule has 98 valence electrons. The smallest absolute Gasteiger partial charge is 0.236 e. The van der Waals surface area contributed by atoms with Crippen LogP contribution in [0.4, 0.5) is 0 Å². The third kappa shape index (κ3) is 3.42. The number of likely N-dealkylation sites (N-methyl/N-ethyl adjacent to an activating group) is 1. The van der Waals surface area contributed by atoms with E-state index in [1.165, 1.54) is 19.3 Å². The molecule has 4 heteroatoms. The standard InChI is InChI=1S/C13H25N3O/c1-13(4-3-5-13)11-15(2)10-12(17)16-8-6-14-7-9-16/h14H,3-11H2,1-2H3. The van der Waals surface area contributed by atoms with Crippen LogP contribution in [0.3, 0.4) is 0 Å². The van der Waals surface area contributed by atoms with Crippen LogP contribution >= 0.6 is 0 Å². The Kier molecular flexibility index (Phi) is 4.05. The summed E-state index contributed by atoms with van der Waals surface area (Å²) in [7, 11) is 2.07. The second-order valence-electron chi connectivity index (χ2n) is 5.97. The summed E-state index contributed by atoms with van der Waals surface area (Å²) in [5, 5.41) is 3.27. The highest BCUT2D eigenvalue weighted by atomic mass is 16.2. The van der Waals surface area contributed by atoms with Gasteiger partial charge in [0.05, 0.1) is 6.54 Å². The van der Waals surface area contributed by atoms with Gasteiger partial charge >= 0.3 is 0 Å². The largest absolute Gasteiger partial charge is 0.339 e. The third-order valence-corrected chi connectivity index (χ3v) is 4.09. The van der Waals surface area contributed by atoms with Crippen LogP contribution in [-0.2, 0) is 4.79 Å². The molecule has 1 aliphatic carbocycles. The van der Waals surface area contributed by atoms with E-state index in [1.54, 1.807) is 0 Å². The molecule has 4 nitrogen and oxygen atoms in total.